The van der Waals surface area contributed by atoms with Crippen molar-refractivity contribution in [3.63, 3.8) is 0 Å². The van der Waals surface area contributed by atoms with E-state index in [2.05, 4.69) is 28.6 Å². The number of nitrogens with zero attached hydrogens (tertiary/aromatic N) is 2. The number of fused-ring (bicyclic) bond motifs is 1. The van der Waals surface area contributed by atoms with Crippen LogP contribution in [0.4, 0.5) is 0 Å². The number of hydrogen-bond donors (Lipinski definition) is 2. The number of rotatable bonds is 4. The standard InChI is InChI=1S/C19H24N4O3/c1-22(14-6-7-20-9-14)10-12-2-3-15-13(8-12)11-23(19(15)26)16-4-5-17(24)21-18(16)25/h2-3,8,14,16,20H,4-7,9-11H2,1H3,(H,21,24,25)/t14-,16?/m1/s1. The third-order valence-corrected chi connectivity index (χ3v) is 5.68. The van der Waals surface area contributed by atoms with Gasteiger partial charge in [-0.2, -0.15) is 0 Å². The Morgan fingerprint density at radius 1 is 1.23 bits per heavy atom. The van der Waals surface area contributed by atoms with Crippen LogP contribution < -0.4 is 10.6 Å². The van der Waals surface area contributed by atoms with Crippen molar-refractivity contribution in [3.8, 4) is 0 Å². The van der Waals surface area contributed by atoms with Crippen molar-refractivity contribution >= 4 is 17.7 Å². The minimum Gasteiger partial charge on any atom is -0.322 e. The second-order valence-electron chi connectivity index (χ2n) is 7.45. The van der Waals surface area contributed by atoms with Crippen LogP contribution >= 0.6 is 0 Å². The van der Waals surface area contributed by atoms with Gasteiger partial charge < -0.3 is 10.2 Å². The number of hydrogen-bond acceptors (Lipinski definition) is 5. The summed E-state index contributed by atoms with van der Waals surface area (Å²) in [6, 6.07) is 5.95. The maximum Gasteiger partial charge on any atom is 0.255 e. The monoisotopic (exact) mass is 356 g/mol. The first-order chi connectivity index (χ1) is 12.5. The summed E-state index contributed by atoms with van der Waals surface area (Å²) in [6.45, 7) is 3.35. The largest absolute Gasteiger partial charge is 0.322 e. The summed E-state index contributed by atoms with van der Waals surface area (Å²) >= 11 is 0. The van der Waals surface area contributed by atoms with E-state index in [9.17, 15) is 14.4 Å². The van der Waals surface area contributed by atoms with Crippen LogP contribution in [0.1, 0.15) is 40.7 Å². The highest BCUT2D eigenvalue weighted by Crippen LogP contribution is 2.28. The van der Waals surface area contributed by atoms with Gasteiger partial charge in [0.2, 0.25) is 11.8 Å². The van der Waals surface area contributed by atoms with Crippen molar-refractivity contribution in [1.29, 1.82) is 0 Å². The van der Waals surface area contributed by atoms with E-state index in [-0.39, 0.29) is 24.1 Å². The Balaban J connectivity index is 1.48. The van der Waals surface area contributed by atoms with Gasteiger partial charge in [0.15, 0.2) is 0 Å². The fourth-order valence-electron chi connectivity index (χ4n) is 4.16. The molecule has 26 heavy (non-hydrogen) atoms. The topological polar surface area (TPSA) is 81.8 Å². The van der Waals surface area contributed by atoms with Gasteiger partial charge in [-0.1, -0.05) is 12.1 Å². The smallest absolute Gasteiger partial charge is 0.255 e. The van der Waals surface area contributed by atoms with Crippen LogP contribution in [0.15, 0.2) is 18.2 Å². The highest BCUT2D eigenvalue weighted by atomic mass is 16.2. The second-order valence-corrected chi connectivity index (χ2v) is 7.45. The molecule has 1 aromatic rings. The number of imide groups is 1. The highest BCUT2D eigenvalue weighted by Gasteiger charge is 2.39. The van der Waals surface area contributed by atoms with Gasteiger partial charge >= 0.3 is 0 Å². The normalized spacial score (nSPS) is 25.8. The number of carbonyl (C=O) groups excluding carboxylic acids is 3. The van der Waals surface area contributed by atoms with E-state index in [4.69, 9.17) is 0 Å². The summed E-state index contributed by atoms with van der Waals surface area (Å²) in [5, 5.41) is 5.72. The van der Waals surface area contributed by atoms with Crippen molar-refractivity contribution in [2.24, 2.45) is 0 Å². The molecule has 2 saturated heterocycles. The van der Waals surface area contributed by atoms with Gasteiger partial charge in [-0.05, 0) is 43.6 Å². The molecule has 0 aliphatic carbocycles. The molecule has 2 N–H and O–H groups in total. The predicted molar refractivity (Wildman–Crippen MR) is 95.2 cm³/mol. The quantitative estimate of drug-likeness (QED) is 0.756. The van der Waals surface area contributed by atoms with Gasteiger partial charge in [-0.3, -0.25) is 24.6 Å². The molecule has 1 aromatic carbocycles. The first kappa shape index (κ1) is 17.2. The molecular weight excluding hydrogens is 332 g/mol. The molecule has 7 heteroatoms. The molecule has 138 valence electrons. The Bertz CT molecular complexity index is 757. The third kappa shape index (κ3) is 3.12. The van der Waals surface area contributed by atoms with Gasteiger partial charge in [0.05, 0.1) is 0 Å². The van der Waals surface area contributed by atoms with Crippen molar-refractivity contribution < 1.29 is 14.4 Å². The number of likely N-dealkylation sites (N-methyl/N-ethyl adjacent to an activating group) is 1. The highest BCUT2D eigenvalue weighted by molar-refractivity contribution is 6.05. The summed E-state index contributed by atoms with van der Waals surface area (Å²) < 4.78 is 0. The average molecular weight is 356 g/mol. The molecule has 0 bridgehead atoms. The molecule has 2 atom stereocenters. The van der Waals surface area contributed by atoms with Crippen LogP contribution in [0.2, 0.25) is 0 Å². The molecule has 3 heterocycles. The average Bonchev–Trinajstić information content (AvgIpc) is 3.24. The lowest BCUT2D eigenvalue weighted by Gasteiger charge is -2.29. The van der Waals surface area contributed by atoms with E-state index in [1.54, 1.807) is 4.90 Å². The fraction of sp³-hybridized carbons (Fsp3) is 0.526. The number of benzene rings is 1. The Kier molecular flexibility index (Phi) is 4.50. The molecule has 7 nitrogen and oxygen atoms in total. The van der Waals surface area contributed by atoms with Crippen molar-refractivity contribution in [1.82, 2.24) is 20.4 Å². The number of nitrogens with one attached hydrogen (secondary N) is 2. The van der Waals surface area contributed by atoms with E-state index in [1.165, 1.54) is 5.56 Å². The summed E-state index contributed by atoms with van der Waals surface area (Å²) in [4.78, 5) is 40.1. The van der Waals surface area contributed by atoms with Crippen LogP contribution in [0.5, 0.6) is 0 Å². The van der Waals surface area contributed by atoms with Crippen molar-refractivity contribution in [3.05, 3.63) is 34.9 Å². The van der Waals surface area contributed by atoms with E-state index >= 15 is 0 Å². The lowest BCUT2D eigenvalue weighted by molar-refractivity contribution is -0.136. The molecule has 3 aliphatic heterocycles. The first-order valence-electron chi connectivity index (χ1n) is 9.20. The molecule has 1 unspecified atom stereocenters. The summed E-state index contributed by atoms with van der Waals surface area (Å²) in [5.41, 5.74) is 2.81. The zero-order valence-corrected chi connectivity index (χ0v) is 15.0. The van der Waals surface area contributed by atoms with E-state index in [0.717, 1.165) is 31.6 Å². The minimum atomic E-state index is -0.553. The van der Waals surface area contributed by atoms with Crippen LogP contribution in [-0.2, 0) is 22.7 Å². The van der Waals surface area contributed by atoms with Gasteiger partial charge in [0.25, 0.3) is 5.91 Å². The SMILES string of the molecule is CN(Cc1ccc2c(c1)CN(C1CCC(=O)NC1=O)C2=O)[C@@H]1CCNC1. The van der Waals surface area contributed by atoms with Crippen molar-refractivity contribution in [2.75, 3.05) is 20.1 Å². The summed E-state index contributed by atoms with van der Waals surface area (Å²) in [5.74, 6) is -0.743. The lowest BCUT2D eigenvalue weighted by Crippen LogP contribution is -2.52. The Labute approximate surface area is 152 Å². The fourth-order valence-corrected chi connectivity index (χ4v) is 4.16. The molecule has 3 amide bonds. The van der Waals surface area contributed by atoms with E-state index in [1.807, 2.05) is 12.1 Å². The first-order valence-corrected chi connectivity index (χ1v) is 9.20. The number of carbonyl (C=O) groups is 3. The van der Waals surface area contributed by atoms with Crippen molar-refractivity contribution in [2.45, 2.75) is 44.4 Å². The number of amides is 3. The summed E-state index contributed by atoms with van der Waals surface area (Å²) in [6.07, 6.45) is 1.83. The van der Waals surface area contributed by atoms with Crippen LogP contribution in [0.25, 0.3) is 0 Å². The molecule has 3 aliphatic rings. The molecule has 0 spiro atoms. The van der Waals surface area contributed by atoms with Gasteiger partial charge in [0, 0.05) is 37.7 Å². The van der Waals surface area contributed by atoms with E-state index < -0.39 is 6.04 Å². The third-order valence-electron chi connectivity index (χ3n) is 5.68. The zero-order valence-electron chi connectivity index (χ0n) is 15.0. The Hall–Kier alpha value is -2.25. The van der Waals surface area contributed by atoms with Gasteiger partial charge in [0.1, 0.15) is 6.04 Å². The molecular formula is C19H24N4O3. The maximum absolute atomic E-state index is 12.7. The molecule has 2 fully saturated rings. The van der Waals surface area contributed by atoms with Crippen LogP contribution in [0, 0.1) is 0 Å². The molecule has 0 aromatic heterocycles. The lowest BCUT2D eigenvalue weighted by atomic mass is 10.0. The number of piperidine rings is 1. The predicted octanol–water partition coefficient (Wildman–Crippen LogP) is 0.241. The minimum absolute atomic E-state index is 0.116. The second kappa shape index (κ2) is 6.81. The van der Waals surface area contributed by atoms with Gasteiger partial charge in [-0.25, -0.2) is 0 Å². The van der Waals surface area contributed by atoms with E-state index in [0.29, 0.717) is 24.6 Å². The van der Waals surface area contributed by atoms with Crippen LogP contribution in [0.3, 0.4) is 0 Å². The molecule has 4 rings (SSSR count). The Morgan fingerprint density at radius 2 is 2.08 bits per heavy atom. The van der Waals surface area contributed by atoms with Gasteiger partial charge in [-0.15, -0.1) is 0 Å². The maximum atomic E-state index is 12.7. The zero-order chi connectivity index (χ0) is 18.3. The summed E-state index contributed by atoms with van der Waals surface area (Å²) in [7, 11) is 2.13. The van der Waals surface area contributed by atoms with Crippen LogP contribution in [-0.4, -0.2) is 59.7 Å². The Morgan fingerprint density at radius 3 is 2.81 bits per heavy atom. The molecule has 0 radical (unpaired) electrons. The molecule has 0 saturated carbocycles.